The lowest BCUT2D eigenvalue weighted by molar-refractivity contribution is 0.104. The largest absolute Gasteiger partial charge is 0.375 e. The molecule has 1 aromatic rings. The van der Waals surface area contributed by atoms with Crippen molar-refractivity contribution in [3.05, 3.63) is 35.6 Å². The zero-order chi connectivity index (χ0) is 15.3. The Morgan fingerprint density at radius 1 is 1.38 bits per heavy atom. The molecule has 0 bridgehead atoms. The number of methoxy groups -OCH3 is 1. The summed E-state index contributed by atoms with van der Waals surface area (Å²) in [5, 5.41) is 5.68. The molecule has 0 radical (unpaired) electrons. The number of ether oxygens (including phenoxy) is 1. The van der Waals surface area contributed by atoms with Crippen molar-refractivity contribution in [3.8, 4) is 0 Å². The Bertz CT molecular complexity index is 477. The zero-order valence-electron chi connectivity index (χ0n) is 12.3. The molecule has 4 nitrogen and oxygen atoms in total. The number of amides is 2. The molecule has 1 atom stereocenters. The standard InChI is InChI=1S/C15H21FN2O2S/c1-20-13(11-3-5-12(16)6-4-11)9-17-14(19)18-10-15(21-2)7-8-15/h3-6,13H,7-10H2,1-2H3,(H2,17,18,19)/t13-/m1/s1. The molecular formula is C15H21FN2O2S. The molecule has 116 valence electrons. The van der Waals surface area contributed by atoms with Crippen molar-refractivity contribution in [1.82, 2.24) is 10.6 Å². The Hall–Kier alpha value is -1.27. The summed E-state index contributed by atoms with van der Waals surface area (Å²) in [6.07, 6.45) is 4.10. The van der Waals surface area contributed by atoms with E-state index in [4.69, 9.17) is 4.74 Å². The maximum absolute atomic E-state index is 12.9. The number of thioether (sulfide) groups is 1. The Kier molecular flexibility index (Phi) is 5.47. The van der Waals surface area contributed by atoms with Crippen LogP contribution in [0.4, 0.5) is 9.18 Å². The molecule has 2 rings (SSSR count). The van der Waals surface area contributed by atoms with Crippen LogP contribution in [0.2, 0.25) is 0 Å². The van der Waals surface area contributed by atoms with Gasteiger partial charge < -0.3 is 15.4 Å². The fourth-order valence-electron chi connectivity index (χ4n) is 2.10. The van der Waals surface area contributed by atoms with Crippen LogP contribution in [-0.2, 0) is 4.74 Å². The molecule has 6 heteroatoms. The van der Waals surface area contributed by atoms with E-state index in [0.29, 0.717) is 13.1 Å². The van der Waals surface area contributed by atoms with E-state index in [2.05, 4.69) is 16.9 Å². The van der Waals surface area contributed by atoms with Gasteiger partial charge in [0.05, 0.1) is 6.10 Å². The lowest BCUT2D eigenvalue weighted by atomic mass is 10.1. The summed E-state index contributed by atoms with van der Waals surface area (Å²) in [5.74, 6) is -0.286. The van der Waals surface area contributed by atoms with E-state index in [1.807, 2.05) is 0 Å². The first-order valence-corrected chi connectivity index (χ1v) is 8.16. The van der Waals surface area contributed by atoms with Crippen molar-refractivity contribution in [1.29, 1.82) is 0 Å². The van der Waals surface area contributed by atoms with Crippen molar-refractivity contribution >= 4 is 17.8 Å². The molecule has 0 heterocycles. The number of hydrogen-bond donors (Lipinski definition) is 2. The molecule has 1 aliphatic carbocycles. The summed E-state index contributed by atoms with van der Waals surface area (Å²) in [5.41, 5.74) is 0.835. The Labute approximate surface area is 128 Å². The van der Waals surface area contributed by atoms with Gasteiger partial charge in [0.2, 0.25) is 0 Å². The highest BCUT2D eigenvalue weighted by Gasteiger charge is 2.41. The number of benzene rings is 1. The number of nitrogens with one attached hydrogen (secondary N) is 2. The van der Waals surface area contributed by atoms with Crippen LogP contribution in [-0.4, -0.2) is 37.2 Å². The number of halogens is 1. The van der Waals surface area contributed by atoms with Crippen molar-refractivity contribution in [2.75, 3.05) is 26.5 Å². The normalized spacial score (nSPS) is 17.1. The summed E-state index contributed by atoms with van der Waals surface area (Å²) < 4.78 is 18.5. The molecule has 0 unspecified atom stereocenters. The van der Waals surface area contributed by atoms with Gasteiger partial charge in [0.1, 0.15) is 5.82 Å². The van der Waals surface area contributed by atoms with Crippen LogP contribution >= 0.6 is 11.8 Å². The third-order valence-electron chi connectivity index (χ3n) is 3.79. The van der Waals surface area contributed by atoms with Gasteiger partial charge in [-0.3, -0.25) is 0 Å². The lowest BCUT2D eigenvalue weighted by Gasteiger charge is -2.18. The Morgan fingerprint density at radius 2 is 2.05 bits per heavy atom. The first-order chi connectivity index (χ1) is 10.1. The molecular weight excluding hydrogens is 291 g/mol. The molecule has 1 aliphatic rings. The van der Waals surface area contributed by atoms with E-state index >= 15 is 0 Å². The number of urea groups is 1. The number of hydrogen-bond acceptors (Lipinski definition) is 3. The summed E-state index contributed by atoms with van der Waals surface area (Å²) in [6.45, 7) is 1.04. The van der Waals surface area contributed by atoms with Gasteiger partial charge in [-0.2, -0.15) is 11.8 Å². The van der Waals surface area contributed by atoms with E-state index in [0.717, 1.165) is 18.4 Å². The predicted molar refractivity (Wildman–Crippen MR) is 83.0 cm³/mol. The lowest BCUT2D eigenvalue weighted by Crippen LogP contribution is -2.41. The van der Waals surface area contributed by atoms with Gasteiger partial charge in [-0.1, -0.05) is 12.1 Å². The van der Waals surface area contributed by atoms with Crippen molar-refractivity contribution in [3.63, 3.8) is 0 Å². The van der Waals surface area contributed by atoms with Crippen LogP contribution in [0.5, 0.6) is 0 Å². The van der Waals surface area contributed by atoms with Gasteiger partial charge in [0, 0.05) is 24.9 Å². The molecule has 1 fully saturated rings. The molecule has 2 amide bonds. The van der Waals surface area contributed by atoms with E-state index < -0.39 is 0 Å². The van der Waals surface area contributed by atoms with E-state index in [1.165, 1.54) is 12.1 Å². The highest BCUT2D eigenvalue weighted by molar-refractivity contribution is 8.00. The third-order valence-corrected chi connectivity index (χ3v) is 5.20. The minimum atomic E-state index is -0.286. The van der Waals surface area contributed by atoms with E-state index in [1.54, 1.807) is 31.0 Å². The summed E-state index contributed by atoms with van der Waals surface area (Å²) in [7, 11) is 1.57. The Balaban J connectivity index is 1.77. The third kappa shape index (κ3) is 4.61. The Morgan fingerprint density at radius 3 is 2.57 bits per heavy atom. The van der Waals surface area contributed by atoms with E-state index in [9.17, 15) is 9.18 Å². The zero-order valence-corrected chi connectivity index (χ0v) is 13.1. The second-order valence-electron chi connectivity index (χ2n) is 5.23. The fraction of sp³-hybridized carbons (Fsp3) is 0.533. The summed E-state index contributed by atoms with van der Waals surface area (Å²) >= 11 is 1.80. The molecule has 0 spiro atoms. The molecule has 1 saturated carbocycles. The van der Waals surface area contributed by atoms with Gasteiger partial charge in [0.25, 0.3) is 0 Å². The predicted octanol–water partition coefficient (Wildman–Crippen LogP) is 2.71. The van der Waals surface area contributed by atoms with Crippen molar-refractivity contribution in [2.45, 2.75) is 23.7 Å². The topological polar surface area (TPSA) is 50.4 Å². The van der Waals surface area contributed by atoms with Gasteiger partial charge >= 0.3 is 6.03 Å². The smallest absolute Gasteiger partial charge is 0.314 e. The van der Waals surface area contributed by atoms with Crippen LogP contribution in [0.15, 0.2) is 24.3 Å². The minimum Gasteiger partial charge on any atom is -0.375 e. The van der Waals surface area contributed by atoms with Gasteiger partial charge in [0.15, 0.2) is 0 Å². The van der Waals surface area contributed by atoms with E-state index in [-0.39, 0.29) is 22.7 Å². The van der Waals surface area contributed by atoms with Gasteiger partial charge in [-0.15, -0.1) is 0 Å². The first-order valence-electron chi connectivity index (χ1n) is 6.94. The second kappa shape index (κ2) is 7.13. The molecule has 21 heavy (non-hydrogen) atoms. The molecule has 0 aliphatic heterocycles. The maximum Gasteiger partial charge on any atom is 0.314 e. The van der Waals surface area contributed by atoms with Gasteiger partial charge in [-0.25, -0.2) is 9.18 Å². The van der Waals surface area contributed by atoms with Crippen molar-refractivity contribution < 1.29 is 13.9 Å². The summed E-state index contributed by atoms with van der Waals surface area (Å²) in [6, 6.07) is 5.90. The summed E-state index contributed by atoms with van der Waals surface area (Å²) in [4.78, 5) is 11.8. The average Bonchev–Trinajstić information content (AvgIpc) is 3.28. The van der Waals surface area contributed by atoms with Crippen LogP contribution in [0, 0.1) is 5.82 Å². The van der Waals surface area contributed by atoms with Gasteiger partial charge in [-0.05, 0) is 36.8 Å². The number of carbonyl (C=O) groups is 1. The maximum atomic E-state index is 12.9. The molecule has 0 saturated heterocycles. The molecule has 2 N–H and O–H groups in total. The molecule has 1 aromatic carbocycles. The molecule has 0 aromatic heterocycles. The van der Waals surface area contributed by atoms with Crippen LogP contribution in [0.25, 0.3) is 0 Å². The SMILES string of the molecule is CO[C@H](CNC(=O)NCC1(SC)CC1)c1ccc(F)cc1. The first kappa shape index (κ1) is 16.1. The van der Waals surface area contributed by atoms with Crippen molar-refractivity contribution in [2.24, 2.45) is 0 Å². The quantitative estimate of drug-likeness (QED) is 0.814. The van der Waals surface area contributed by atoms with Crippen LogP contribution in [0.3, 0.4) is 0 Å². The van der Waals surface area contributed by atoms with Crippen LogP contribution < -0.4 is 10.6 Å². The fourth-order valence-corrected chi connectivity index (χ4v) is 2.82. The van der Waals surface area contributed by atoms with Crippen LogP contribution in [0.1, 0.15) is 24.5 Å². The average molecular weight is 312 g/mol. The second-order valence-corrected chi connectivity index (χ2v) is 6.50. The monoisotopic (exact) mass is 312 g/mol. The minimum absolute atomic E-state index is 0.195. The highest BCUT2D eigenvalue weighted by Crippen LogP contribution is 2.46. The number of rotatable bonds is 7. The highest BCUT2D eigenvalue weighted by atomic mass is 32.2. The number of carbonyl (C=O) groups excluding carboxylic acids is 1.